The van der Waals surface area contributed by atoms with Crippen molar-refractivity contribution in [1.82, 2.24) is 4.90 Å². The van der Waals surface area contributed by atoms with Gasteiger partial charge in [-0.25, -0.2) is 4.90 Å². The molecule has 1 aliphatic heterocycles. The Bertz CT molecular complexity index is 1210. The van der Waals surface area contributed by atoms with E-state index in [1.165, 1.54) is 18.1 Å². The number of halogens is 1. The van der Waals surface area contributed by atoms with Crippen molar-refractivity contribution in [1.29, 1.82) is 0 Å². The summed E-state index contributed by atoms with van der Waals surface area (Å²) < 4.78 is 5.40. The van der Waals surface area contributed by atoms with Gasteiger partial charge >= 0.3 is 0 Å². The summed E-state index contributed by atoms with van der Waals surface area (Å²) >= 11 is 5.94. The largest absolute Gasteiger partial charge is 0.467 e. The van der Waals surface area contributed by atoms with Crippen LogP contribution in [0.2, 0.25) is 5.02 Å². The number of nitrogens with zero attached hydrogens (tertiary/aromatic N) is 2. The molecule has 1 unspecified atom stereocenters. The zero-order valence-electron chi connectivity index (χ0n) is 18.4. The normalized spacial score (nSPS) is 15.5. The summed E-state index contributed by atoms with van der Waals surface area (Å²) in [5.41, 5.74) is 1.65. The Morgan fingerprint density at radius 2 is 1.79 bits per heavy atom. The van der Waals surface area contributed by atoms with Crippen molar-refractivity contribution in [3.8, 4) is 0 Å². The molecule has 1 aliphatic rings. The number of carbonyl (C=O) groups excluding carboxylic acids is 4. The van der Waals surface area contributed by atoms with Gasteiger partial charge in [0.1, 0.15) is 11.8 Å². The molecule has 1 saturated heterocycles. The van der Waals surface area contributed by atoms with Crippen LogP contribution in [-0.2, 0) is 32.1 Å². The van der Waals surface area contributed by atoms with Crippen molar-refractivity contribution in [2.45, 2.75) is 32.4 Å². The van der Waals surface area contributed by atoms with Crippen LogP contribution in [0.4, 0.5) is 11.4 Å². The van der Waals surface area contributed by atoms with Crippen LogP contribution in [-0.4, -0.2) is 34.6 Å². The molecule has 2 heterocycles. The van der Waals surface area contributed by atoms with E-state index in [2.05, 4.69) is 5.32 Å². The summed E-state index contributed by atoms with van der Waals surface area (Å²) in [6.45, 7) is 1.44. The molecular weight excluding hydrogens is 458 g/mol. The van der Waals surface area contributed by atoms with Crippen molar-refractivity contribution in [2.24, 2.45) is 0 Å². The summed E-state index contributed by atoms with van der Waals surface area (Å²) in [6.07, 6.45) is 1.39. The van der Waals surface area contributed by atoms with Gasteiger partial charge in [0.05, 0.1) is 31.3 Å². The first-order chi connectivity index (χ1) is 16.3. The van der Waals surface area contributed by atoms with E-state index in [4.69, 9.17) is 16.0 Å². The Labute approximate surface area is 201 Å². The number of amides is 4. The van der Waals surface area contributed by atoms with E-state index in [0.717, 1.165) is 10.5 Å². The van der Waals surface area contributed by atoms with E-state index >= 15 is 0 Å². The van der Waals surface area contributed by atoms with Crippen LogP contribution in [0, 0.1) is 0 Å². The van der Waals surface area contributed by atoms with Gasteiger partial charge in [-0.2, -0.15) is 0 Å². The smallest absolute Gasteiger partial charge is 0.257 e. The zero-order valence-corrected chi connectivity index (χ0v) is 19.1. The third-order valence-corrected chi connectivity index (χ3v) is 5.69. The minimum Gasteiger partial charge on any atom is -0.467 e. The molecule has 9 heteroatoms. The van der Waals surface area contributed by atoms with Crippen LogP contribution in [0.3, 0.4) is 0 Å². The van der Waals surface area contributed by atoms with Crippen molar-refractivity contribution in [2.75, 3.05) is 10.2 Å². The minimum atomic E-state index is -0.965. The van der Waals surface area contributed by atoms with Gasteiger partial charge in [-0.1, -0.05) is 23.7 Å². The zero-order chi connectivity index (χ0) is 24.2. The monoisotopic (exact) mass is 479 g/mol. The van der Waals surface area contributed by atoms with Gasteiger partial charge in [-0.15, -0.1) is 0 Å². The maximum Gasteiger partial charge on any atom is 0.257 e. The molecular formula is C25H22ClN3O5. The lowest BCUT2D eigenvalue weighted by Gasteiger charge is -2.27. The Kier molecular flexibility index (Phi) is 6.79. The van der Waals surface area contributed by atoms with E-state index in [9.17, 15) is 19.2 Å². The van der Waals surface area contributed by atoms with E-state index < -0.39 is 17.9 Å². The van der Waals surface area contributed by atoms with Gasteiger partial charge in [-0.05, 0) is 54.1 Å². The van der Waals surface area contributed by atoms with E-state index in [-0.39, 0.29) is 31.2 Å². The van der Waals surface area contributed by atoms with Crippen LogP contribution < -0.4 is 10.2 Å². The second-order valence-electron chi connectivity index (χ2n) is 7.92. The van der Waals surface area contributed by atoms with Crippen molar-refractivity contribution in [3.05, 3.63) is 83.3 Å². The molecule has 34 heavy (non-hydrogen) atoms. The molecule has 1 atom stereocenters. The lowest BCUT2D eigenvalue weighted by Crippen LogP contribution is -2.45. The number of rotatable bonds is 7. The highest BCUT2D eigenvalue weighted by molar-refractivity contribution is 6.30. The van der Waals surface area contributed by atoms with Gasteiger partial charge in [0.25, 0.3) is 5.91 Å². The van der Waals surface area contributed by atoms with Crippen LogP contribution in [0.5, 0.6) is 0 Å². The molecule has 1 fully saturated rings. The number of carbonyl (C=O) groups is 4. The summed E-state index contributed by atoms with van der Waals surface area (Å²) in [5.74, 6) is -0.941. The number of furan rings is 1. The molecule has 1 N–H and O–H groups in total. The standard InChI is InChI=1S/C25H22ClN3O5/c1-16(30)27-19-8-10-20(11-9-19)29-24(32)14-22(25(29)33)28(15-21-3-2-12-34-21)23(31)13-17-4-6-18(26)7-5-17/h2-12,22H,13-15H2,1H3,(H,27,30). The molecule has 0 aliphatic carbocycles. The summed E-state index contributed by atoms with van der Waals surface area (Å²) in [4.78, 5) is 53.2. The predicted octanol–water partition coefficient (Wildman–Crippen LogP) is 3.79. The maximum atomic E-state index is 13.3. The molecule has 174 valence electrons. The molecule has 4 amide bonds. The van der Waals surface area contributed by atoms with Crippen LogP contribution in [0.25, 0.3) is 0 Å². The minimum absolute atomic E-state index is 0.0429. The first-order valence-electron chi connectivity index (χ1n) is 10.6. The third kappa shape index (κ3) is 5.18. The topological polar surface area (TPSA) is 99.9 Å². The second-order valence-corrected chi connectivity index (χ2v) is 8.36. The van der Waals surface area contributed by atoms with Gasteiger partial charge in [0.15, 0.2) is 0 Å². The molecule has 0 radical (unpaired) electrons. The number of hydrogen-bond donors (Lipinski definition) is 1. The molecule has 3 aromatic rings. The molecule has 4 rings (SSSR count). The van der Waals surface area contributed by atoms with Crippen LogP contribution in [0.1, 0.15) is 24.7 Å². The summed E-state index contributed by atoms with van der Waals surface area (Å²) in [6, 6.07) is 15.7. The van der Waals surface area contributed by atoms with Crippen molar-refractivity contribution < 1.29 is 23.6 Å². The highest BCUT2D eigenvalue weighted by Gasteiger charge is 2.44. The van der Waals surface area contributed by atoms with Crippen molar-refractivity contribution in [3.63, 3.8) is 0 Å². The molecule has 8 nitrogen and oxygen atoms in total. The maximum absolute atomic E-state index is 13.3. The number of benzene rings is 2. The first kappa shape index (κ1) is 23.3. The van der Waals surface area contributed by atoms with Gasteiger partial charge < -0.3 is 14.6 Å². The second kappa shape index (κ2) is 9.93. The molecule has 1 aromatic heterocycles. The molecule has 0 spiro atoms. The lowest BCUT2D eigenvalue weighted by atomic mass is 10.1. The number of imide groups is 1. The quantitative estimate of drug-likeness (QED) is 0.519. The number of anilines is 2. The van der Waals surface area contributed by atoms with Gasteiger partial charge in [0.2, 0.25) is 17.7 Å². The third-order valence-electron chi connectivity index (χ3n) is 5.44. The molecule has 0 bridgehead atoms. The Hall–Kier alpha value is -3.91. The lowest BCUT2D eigenvalue weighted by molar-refractivity contribution is -0.138. The summed E-state index contributed by atoms with van der Waals surface area (Å²) in [5, 5.41) is 3.20. The number of nitrogens with one attached hydrogen (secondary N) is 1. The van der Waals surface area contributed by atoms with E-state index in [0.29, 0.717) is 22.2 Å². The molecule has 2 aromatic carbocycles. The average molecular weight is 480 g/mol. The van der Waals surface area contributed by atoms with Crippen LogP contribution in [0.15, 0.2) is 71.3 Å². The van der Waals surface area contributed by atoms with Crippen LogP contribution >= 0.6 is 11.6 Å². The fraction of sp³-hybridized carbons (Fsp3) is 0.200. The highest BCUT2D eigenvalue weighted by Crippen LogP contribution is 2.28. The fourth-order valence-electron chi connectivity index (χ4n) is 3.85. The van der Waals surface area contributed by atoms with Gasteiger partial charge in [-0.3, -0.25) is 19.2 Å². The first-order valence-corrected chi connectivity index (χ1v) is 11.0. The Morgan fingerprint density at radius 1 is 1.09 bits per heavy atom. The fourth-order valence-corrected chi connectivity index (χ4v) is 3.97. The average Bonchev–Trinajstić information content (AvgIpc) is 3.41. The SMILES string of the molecule is CC(=O)Nc1ccc(N2C(=O)CC(N(Cc3ccco3)C(=O)Cc3ccc(Cl)cc3)C2=O)cc1. The Morgan fingerprint density at radius 3 is 2.41 bits per heavy atom. The number of hydrogen-bond acceptors (Lipinski definition) is 5. The summed E-state index contributed by atoms with van der Waals surface area (Å²) in [7, 11) is 0. The van der Waals surface area contributed by atoms with Gasteiger partial charge in [0, 0.05) is 17.6 Å². The Balaban J connectivity index is 1.57. The van der Waals surface area contributed by atoms with E-state index in [1.54, 1.807) is 60.7 Å². The molecule has 0 saturated carbocycles. The predicted molar refractivity (Wildman–Crippen MR) is 126 cm³/mol. The highest BCUT2D eigenvalue weighted by atomic mass is 35.5. The van der Waals surface area contributed by atoms with Crippen molar-refractivity contribution >= 4 is 46.6 Å². The van der Waals surface area contributed by atoms with E-state index in [1.807, 2.05) is 0 Å².